The van der Waals surface area contributed by atoms with E-state index in [4.69, 9.17) is 9.47 Å². The highest BCUT2D eigenvalue weighted by Gasteiger charge is 2.57. The van der Waals surface area contributed by atoms with Crippen molar-refractivity contribution in [2.75, 3.05) is 19.8 Å². The molecule has 4 atom stereocenters. The molecule has 0 bridgehead atoms. The Morgan fingerprint density at radius 2 is 1.74 bits per heavy atom. The van der Waals surface area contributed by atoms with Crippen molar-refractivity contribution >= 4 is 0 Å². The van der Waals surface area contributed by atoms with E-state index in [1.807, 2.05) is 0 Å². The largest absolute Gasteiger partial charge is 0.393 e. The summed E-state index contributed by atoms with van der Waals surface area (Å²) in [6.07, 6.45) is 8.24. The highest BCUT2D eigenvalue weighted by Crippen LogP contribution is 2.60. The van der Waals surface area contributed by atoms with Crippen LogP contribution in [0.15, 0.2) is 0 Å². The molecular weight excluding hydrogens is 240 g/mol. The summed E-state index contributed by atoms with van der Waals surface area (Å²) in [5.41, 5.74) is 0.0339. The molecule has 0 aromatic rings. The van der Waals surface area contributed by atoms with Crippen molar-refractivity contribution in [3.05, 3.63) is 0 Å². The molecule has 2 aliphatic heterocycles. The first-order valence-corrected chi connectivity index (χ1v) is 8.19. The van der Waals surface area contributed by atoms with E-state index in [0.29, 0.717) is 11.8 Å². The van der Waals surface area contributed by atoms with Gasteiger partial charge in [-0.15, -0.1) is 0 Å². The maximum absolute atomic E-state index is 10.7. The van der Waals surface area contributed by atoms with Gasteiger partial charge >= 0.3 is 0 Å². The van der Waals surface area contributed by atoms with Crippen molar-refractivity contribution in [2.24, 2.45) is 23.7 Å². The van der Waals surface area contributed by atoms with E-state index in [2.05, 4.69) is 0 Å². The smallest absolute Gasteiger partial charge is 0.0730 e. The lowest BCUT2D eigenvalue weighted by Crippen LogP contribution is -2.47. The molecule has 1 N–H and O–H groups in total. The van der Waals surface area contributed by atoms with Crippen molar-refractivity contribution in [2.45, 2.75) is 56.7 Å². The molecule has 0 aromatic heterocycles. The third-order valence-corrected chi connectivity index (χ3v) is 6.29. The quantitative estimate of drug-likeness (QED) is 0.834. The minimum Gasteiger partial charge on any atom is -0.393 e. The lowest BCUT2D eigenvalue weighted by atomic mass is 9.77. The predicted molar refractivity (Wildman–Crippen MR) is 71.8 cm³/mol. The summed E-state index contributed by atoms with van der Waals surface area (Å²) in [6, 6.07) is 0. The molecule has 2 saturated heterocycles. The summed E-state index contributed by atoms with van der Waals surface area (Å²) in [6.45, 7) is 2.50. The summed E-state index contributed by atoms with van der Waals surface area (Å²) in [7, 11) is 0. The highest BCUT2D eigenvalue weighted by atomic mass is 16.5. The first kappa shape index (κ1) is 12.6. The summed E-state index contributed by atoms with van der Waals surface area (Å²) >= 11 is 0. The third-order valence-electron chi connectivity index (χ3n) is 6.29. The number of hydrogen-bond acceptors (Lipinski definition) is 3. The van der Waals surface area contributed by atoms with Crippen LogP contribution in [0.4, 0.5) is 0 Å². The average molecular weight is 266 g/mol. The molecule has 2 saturated carbocycles. The Labute approximate surface area is 115 Å². The lowest BCUT2D eigenvalue weighted by molar-refractivity contribution is -0.160. The van der Waals surface area contributed by atoms with E-state index >= 15 is 0 Å². The van der Waals surface area contributed by atoms with E-state index in [1.165, 1.54) is 19.3 Å². The molecule has 4 rings (SSSR count). The second-order valence-corrected chi connectivity index (χ2v) is 7.22. The molecule has 3 nitrogen and oxygen atoms in total. The van der Waals surface area contributed by atoms with Crippen LogP contribution in [0, 0.1) is 23.7 Å². The van der Waals surface area contributed by atoms with Gasteiger partial charge in [0.1, 0.15) is 0 Å². The fourth-order valence-electron chi connectivity index (χ4n) is 5.15. The topological polar surface area (TPSA) is 38.7 Å². The monoisotopic (exact) mass is 266 g/mol. The van der Waals surface area contributed by atoms with Crippen LogP contribution in [0.1, 0.15) is 44.9 Å². The van der Waals surface area contributed by atoms with Gasteiger partial charge in [0.25, 0.3) is 0 Å². The molecule has 4 fully saturated rings. The summed E-state index contributed by atoms with van der Waals surface area (Å²) in [5, 5.41) is 10.7. The molecule has 4 unspecified atom stereocenters. The van der Waals surface area contributed by atoms with Crippen molar-refractivity contribution < 1.29 is 14.6 Å². The Balaban J connectivity index is 1.41. The first-order chi connectivity index (χ1) is 9.29. The number of ether oxygens (including phenoxy) is 2. The molecule has 4 aliphatic rings. The Hall–Kier alpha value is -0.120. The average Bonchev–Trinajstić information content (AvgIpc) is 2.91. The van der Waals surface area contributed by atoms with Gasteiger partial charge < -0.3 is 14.6 Å². The van der Waals surface area contributed by atoms with Gasteiger partial charge in [0, 0.05) is 19.8 Å². The van der Waals surface area contributed by atoms with Crippen molar-refractivity contribution in [1.29, 1.82) is 0 Å². The summed E-state index contributed by atoms with van der Waals surface area (Å²) in [4.78, 5) is 0. The van der Waals surface area contributed by atoms with Crippen LogP contribution in [0.3, 0.4) is 0 Å². The zero-order valence-corrected chi connectivity index (χ0v) is 11.7. The number of hydrogen-bond donors (Lipinski definition) is 1. The second kappa shape index (κ2) is 4.71. The van der Waals surface area contributed by atoms with Gasteiger partial charge in [0.15, 0.2) is 0 Å². The Morgan fingerprint density at radius 1 is 1.00 bits per heavy atom. The van der Waals surface area contributed by atoms with E-state index in [-0.39, 0.29) is 11.7 Å². The van der Waals surface area contributed by atoms with Gasteiger partial charge in [-0.05, 0) is 62.2 Å². The normalized spacial score (nSPS) is 45.9. The molecule has 0 radical (unpaired) electrons. The Morgan fingerprint density at radius 3 is 2.47 bits per heavy atom. The third kappa shape index (κ3) is 2.14. The molecule has 1 spiro atoms. The van der Waals surface area contributed by atoms with E-state index in [9.17, 15) is 5.11 Å². The van der Waals surface area contributed by atoms with Gasteiger partial charge in [0.05, 0.1) is 11.7 Å². The minimum absolute atomic E-state index is 0.0339. The SMILES string of the molecule is OC(C1CCOC2(CCOCC2)C1)C1C2CCCC21. The van der Waals surface area contributed by atoms with Crippen molar-refractivity contribution in [3.63, 3.8) is 0 Å². The molecule has 2 aliphatic carbocycles. The molecule has 0 aromatic carbocycles. The molecule has 2 heterocycles. The van der Waals surface area contributed by atoms with Gasteiger partial charge in [0.2, 0.25) is 0 Å². The Kier molecular flexibility index (Phi) is 3.13. The molecule has 19 heavy (non-hydrogen) atoms. The Bertz CT molecular complexity index is 321. The number of fused-ring (bicyclic) bond motifs is 1. The highest BCUT2D eigenvalue weighted by molar-refractivity contribution is 5.06. The zero-order chi connectivity index (χ0) is 12.9. The van der Waals surface area contributed by atoms with Crippen LogP contribution in [-0.2, 0) is 9.47 Å². The van der Waals surface area contributed by atoms with Crippen molar-refractivity contribution in [3.8, 4) is 0 Å². The van der Waals surface area contributed by atoms with Crippen molar-refractivity contribution in [1.82, 2.24) is 0 Å². The predicted octanol–water partition coefficient (Wildman–Crippen LogP) is 2.37. The fraction of sp³-hybridized carbons (Fsp3) is 1.00. The molecule has 3 heteroatoms. The van der Waals surface area contributed by atoms with Gasteiger partial charge in [-0.1, -0.05) is 6.42 Å². The van der Waals surface area contributed by atoms with Gasteiger partial charge in [-0.2, -0.15) is 0 Å². The maximum Gasteiger partial charge on any atom is 0.0730 e. The van der Waals surface area contributed by atoms with Crippen LogP contribution < -0.4 is 0 Å². The van der Waals surface area contributed by atoms with E-state index in [1.54, 1.807) is 0 Å². The second-order valence-electron chi connectivity index (χ2n) is 7.22. The molecule has 0 amide bonds. The minimum atomic E-state index is -0.0566. The zero-order valence-electron chi connectivity index (χ0n) is 11.7. The molecular formula is C16H26O3. The maximum atomic E-state index is 10.7. The van der Waals surface area contributed by atoms with E-state index < -0.39 is 0 Å². The number of aliphatic hydroxyl groups excluding tert-OH is 1. The van der Waals surface area contributed by atoms with Crippen LogP contribution >= 0.6 is 0 Å². The first-order valence-electron chi connectivity index (χ1n) is 8.19. The van der Waals surface area contributed by atoms with E-state index in [0.717, 1.165) is 57.3 Å². The summed E-state index contributed by atoms with van der Waals surface area (Å²) in [5.74, 6) is 2.84. The summed E-state index contributed by atoms with van der Waals surface area (Å²) < 4.78 is 11.6. The fourth-order valence-corrected chi connectivity index (χ4v) is 5.15. The van der Waals surface area contributed by atoms with Crippen LogP contribution in [0.25, 0.3) is 0 Å². The molecule has 108 valence electrons. The van der Waals surface area contributed by atoms with Gasteiger partial charge in [-0.25, -0.2) is 0 Å². The number of rotatable bonds is 2. The standard InChI is InChI=1S/C16H26O3/c17-15(14-12-2-1-3-13(12)14)11-4-7-19-16(10-11)5-8-18-9-6-16/h11-15,17H,1-10H2. The van der Waals surface area contributed by atoms with Crippen LogP contribution in [-0.4, -0.2) is 36.6 Å². The van der Waals surface area contributed by atoms with Gasteiger partial charge in [-0.3, -0.25) is 0 Å². The van der Waals surface area contributed by atoms with Crippen LogP contribution in [0.2, 0.25) is 0 Å². The van der Waals surface area contributed by atoms with Crippen LogP contribution in [0.5, 0.6) is 0 Å². The number of aliphatic hydroxyl groups is 1. The lowest BCUT2D eigenvalue weighted by Gasteiger charge is -2.44.